The predicted molar refractivity (Wildman–Crippen MR) is 87.3 cm³/mol. The molecule has 0 radical (unpaired) electrons. The van der Waals surface area contributed by atoms with Crippen LogP contribution in [0.25, 0.3) is 0 Å². The van der Waals surface area contributed by atoms with Crippen molar-refractivity contribution in [1.29, 1.82) is 0 Å². The third-order valence-corrected chi connectivity index (χ3v) is 6.20. The molecule has 23 heavy (non-hydrogen) atoms. The van der Waals surface area contributed by atoms with Crippen molar-refractivity contribution in [3.63, 3.8) is 0 Å². The summed E-state index contributed by atoms with van der Waals surface area (Å²) in [6.45, 7) is 2.19. The molecule has 4 heteroatoms. The second kappa shape index (κ2) is 5.81. The van der Waals surface area contributed by atoms with E-state index in [1.807, 2.05) is 0 Å². The van der Waals surface area contributed by atoms with Crippen LogP contribution in [0.15, 0.2) is 18.2 Å². The van der Waals surface area contributed by atoms with Gasteiger partial charge in [0.05, 0.1) is 0 Å². The van der Waals surface area contributed by atoms with Crippen LogP contribution in [0.5, 0.6) is 0 Å². The summed E-state index contributed by atoms with van der Waals surface area (Å²) in [5, 5.41) is 6.17. The van der Waals surface area contributed by atoms with Gasteiger partial charge in [0.2, 0.25) is 0 Å². The molecule has 0 saturated heterocycles. The van der Waals surface area contributed by atoms with E-state index in [0.29, 0.717) is 30.0 Å². The maximum atomic E-state index is 13.3. The third-order valence-electron chi connectivity index (χ3n) is 6.20. The van der Waals surface area contributed by atoms with E-state index in [2.05, 4.69) is 10.6 Å². The first-order valence-electron chi connectivity index (χ1n) is 8.88. The third kappa shape index (κ3) is 2.96. The zero-order chi connectivity index (χ0) is 16.0. The number of nitrogens with one attached hydrogen (secondary N) is 2. The summed E-state index contributed by atoms with van der Waals surface area (Å²) in [6.07, 6.45) is 6.63. The summed E-state index contributed by atoms with van der Waals surface area (Å²) in [5.41, 5.74) is 1.55. The predicted octanol–water partition coefficient (Wildman–Crippen LogP) is 3.76. The normalized spacial score (nSPS) is 34.4. The molecule has 0 unspecified atom stereocenters. The SMILES string of the molecule is Cc1cc(CNC(=O)NC2C3CC4CC(C3)CC2C4)ccc1F. The summed E-state index contributed by atoms with van der Waals surface area (Å²) in [7, 11) is 0. The number of carbonyl (C=O) groups excluding carboxylic acids is 1. The number of hydrogen-bond acceptors (Lipinski definition) is 1. The highest BCUT2D eigenvalue weighted by molar-refractivity contribution is 5.74. The van der Waals surface area contributed by atoms with Gasteiger partial charge in [-0.2, -0.15) is 0 Å². The van der Waals surface area contributed by atoms with Gasteiger partial charge in [0, 0.05) is 12.6 Å². The lowest BCUT2D eigenvalue weighted by Crippen LogP contribution is -2.57. The Morgan fingerprint density at radius 2 is 1.78 bits per heavy atom. The highest BCUT2D eigenvalue weighted by Gasteiger charge is 2.48. The lowest BCUT2D eigenvalue weighted by atomic mass is 9.54. The molecule has 124 valence electrons. The molecule has 0 aliphatic heterocycles. The summed E-state index contributed by atoms with van der Waals surface area (Å²) in [6, 6.07) is 5.26. The Morgan fingerprint density at radius 3 is 2.39 bits per heavy atom. The topological polar surface area (TPSA) is 41.1 Å². The Kier molecular flexibility index (Phi) is 3.78. The minimum atomic E-state index is -0.202. The fourth-order valence-electron chi connectivity index (χ4n) is 5.36. The van der Waals surface area contributed by atoms with Crippen LogP contribution >= 0.6 is 0 Å². The van der Waals surface area contributed by atoms with Crippen LogP contribution in [0.2, 0.25) is 0 Å². The van der Waals surface area contributed by atoms with Crippen LogP contribution in [0.3, 0.4) is 0 Å². The summed E-state index contributed by atoms with van der Waals surface area (Å²) in [5.74, 6) is 3.00. The second-order valence-corrected chi connectivity index (χ2v) is 7.87. The van der Waals surface area contributed by atoms with E-state index in [4.69, 9.17) is 0 Å². The fourth-order valence-corrected chi connectivity index (χ4v) is 5.36. The second-order valence-electron chi connectivity index (χ2n) is 7.87. The van der Waals surface area contributed by atoms with Gasteiger partial charge in [-0.1, -0.05) is 12.1 Å². The van der Waals surface area contributed by atoms with Gasteiger partial charge < -0.3 is 10.6 Å². The number of amides is 2. The minimum Gasteiger partial charge on any atom is -0.335 e. The van der Waals surface area contributed by atoms with E-state index in [-0.39, 0.29) is 11.8 Å². The lowest BCUT2D eigenvalue weighted by Gasteiger charge is -2.54. The Bertz CT molecular complexity index is 587. The molecule has 3 nitrogen and oxygen atoms in total. The van der Waals surface area contributed by atoms with Gasteiger partial charge in [-0.05, 0) is 79.9 Å². The minimum absolute atomic E-state index is 0.0792. The molecule has 0 aromatic heterocycles. The Labute approximate surface area is 137 Å². The van der Waals surface area contributed by atoms with Crippen molar-refractivity contribution in [3.05, 3.63) is 35.1 Å². The first kappa shape index (κ1) is 15.0. The molecular formula is C19H25FN2O. The van der Waals surface area contributed by atoms with E-state index >= 15 is 0 Å². The average Bonchev–Trinajstić information content (AvgIpc) is 2.51. The monoisotopic (exact) mass is 316 g/mol. The molecule has 0 heterocycles. The number of hydrogen-bond donors (Lipinski definition) is 2. The molecule has 4 saturated carbocycles. The molecule has 0 atom stereocenters. The van der Waals surface area contributed by atoms with Gasteiger partial charge in [-0.3, -0.25) is 0 Å². The fraction of sp³-hybridized carbons (Fsp3) is 0.632. The van der Waals surface area contributed by atoms with Crippen LogP contribution in [0, 0.1) is 36.4 Å². The van der Waals surface area contributed by atoms with Crippen molar-refractivity contribution < 1.29 is 9.18 Å². The molecule has 1 aromatic rings. The van der Waals surface area contributed by atoms with Crippen LogP contribution < -0.4 is 10.6 Å². The Hall–Kier alpha value is -1.58. The molecule has 4 aliphatic rings. The van der Waals surface area contributed by atoms with Gasteiger partial charge in [0.15, 0.2) is 0 Å². The highest BCUT2D eigenvalue weighted by atomic mass is 19.1. The van der Waals surface area contributed by atoms with Crippen LogP contribution in [0.4, 0.5) is 9.18 Å². The number of rotatable bonds is 3. The van der Waals surface area contributed by atoms with Crippen molar-refractivity contribution >= 4 is 6.03 Å². The van der Waals surface area contributed by atoms with Crippen molar-refractivity contribution in [3.8, 4) is 0 Å². The van der Waals surface area contributed by atoms with Gasteiger partial charge in [0.25, 0.3) is 0 Å². The first-order valence-corrected chi connectivity index (χ1v) is 8.88. The van der Waals surface area contributed by atoms with E-state index in [1.54, 1.807) is 19.1 Å². The molecule has 2 N–H and O–H groups in total. The zero-order valence-electron chi connectivity index (χ0n) is 13.6. The maximum Gasteiger partial charge on any atom is 0.315 e. The van der Waals surface area contributed by atoms with Crippen LogP contribution in [-0.2, 0) is 6.54 Å². The van der Waals surface area contributed by atoms with Crippen molar-refractivity contribution in [2.24, 2.45) is 23.7 Å². The quantitative estimate of drug-likeness (QED) is 0.876. The molecule has 1 aromatic carbocycles. The first-order chi connectivity index (χ1) is 11.1. The van der Waals surface area contributed by atoms with Gasteiger partial charge in [-0.15, -0.1) is 0 Å². The summed E-state index contributed by atoms with van der Waals surface area (Å²) < 4.78 is 13.3. The number of benzene rings is 1. The molecule has 4 bridgehead atoms. The van der Waals surface area contributed by atoms with Crippen molar-refractivity contribution in [1.82, 2.24) is 10.6 Å². The van der Waals surface area contributed by atoms with E-state index in [9.17, 15) is 9.18 Å². The molecule has 0 spiro atoms. The van der Waals surface area contributed by atoms with Crippen molar-refractivity contribution in [2.75, 3.05) is 0 Å². The number of carbonyl (C=O) groups is 1. The van der Waals surface area contributed by atoms with E-state index in [0.717, 1.165) is 17.4 Å². The van der Waals surface area contributed by atoms with Crippen LogP contribution in [0.1, 0.15) is 43.2 Å². The van der Waals surface area contributed by atoms with Gasteiger partial charge in [0.1, 0.15) is 5.82 Å². The van der Waals surface area contributed by atoms with Gasteiger partial charge in [-0.25, -0.2) is 9.18 Å². The number of urea groups is 1. The lowest BCUT2D eigenvalue weighted by molar-refractivity contribution is -0.00942. The van der Waals surface area contributed by atoms with E-state index in [1.165, 1.54) is 38.2 Å². The molecule has 5 rings (SSSR count). The smallest absolute Gasteiger partial charge is 0.315 e. The van der Waals surface area contributed by atoms with Crippen molar-refractivity contribution in [2.45, 2.75) is 51.6 Å². The maximum absolute atomic E-state index is 13.3. The molecule has 2 amide bonds. The Morgan fingerprint density at radius 1 is 1.13 bits per heavy atom. The highest BCUT2D eigenvalue weighted by Crippen LogP contribution is 2.53. The van der Waals surface area contributed by atoms with Crippen LogP contribution in [-0.4, -0.2) is 12.1 Å². The average molecular weight is 316 g/mol. The Balaban J connectivity index is 1.32. The molecule has 4 fully saturated rings. The summed E-state index contributed by atoms with van der Waals surface area (Å²) in [4.78, 5) is 12.3. The molecular weight excluding hydrogens is 291 g/mol. The summed E-state index contributed by atoms with van der Waals surface area (Å²) >= 11 is 0. The van der Waals surface area contributed by atoms with Gasteiger partial charge >= 0.3 is 6.03 Å². The zero-order valence-corrected chi connectivity index (χ0v) is 13.6. The largest absolute Gasteiger partial charge is 0.335 e. The van der Waals surface area contributed by atoms with E-state index < -0.39 is 0 Å². The standard InChI is InChI=1S/C19H25FN2O/c1-11-4-12(2-3-17(11)20)10-21-19(23)22-18-15-6-13-5-14(8-15)9-16(18)7-13/h2-4,13-16,18H,5-10H2,1H3,(H2,21,22,23). The number of aryl methyl sites for hydroxylation is 1. The molecule has 4 aliphatic carbocycles. The number of halogens is 1.